The third-order valence-corrected chi connectivity index (χ3v) is 7.28. The molecule has 2 amide bonds. The van der Waals surface area contributed by atoms with Gasteiger partial charge in [0.1, 0.15) is 5.71 Å². The summed E-state index contributed by atoms with van der Waals surface area (Å²) in [4.78, 5) is 27.5. The van der Waals surface area contributed by atoms with Crippen molar-refractivity contribution in [1.29, 1.82) is 0 Å². The first kappa shape index (κ1) is 21.2. The Morgan fingerprint density at radius 3 is 2.48 bits per heavy atom. The molecular formula is C22H24N4O4S. The fourth-order valence-electron chi connectivity index (χ4n) is 3.79. The maximum Gasteiger partial charge on any atom is 0.274 e. The number of aryl methyl sites for hydroxylation is 1. The van der Waals surface area contributed by atoms with Crippen molar-refractivity contribution in [3.63, 3.8) is 0 Å². The van der Waals surface area contributed by atoms with Crippen LogP contribution in [0.25, 0.3) is 0 Å². The average Bonchev–Trinajstić information content (AvgIpc) is 2.78. The van der Waals surface area contributed by atoms with E-state index in [-0.39, 0.29) is 29.6 Å². The minimum absolute atomic E-state index is 0.152. The van der Waals surface area contributed by atoms with Crippen molar-refractivity contribution >= 4 is 38.9 Å². The number of hydrazone groups is 1. The summed E-state index contributed by atoms with van der Waals surface area (Å²) < 4.78 is 26.1. The Morgan fingerprint density at radius 2 is 1.77 bits per heavy atom. The average molecular weight is 441 g/mol. The number of carbonyl (C=O) groups is 2. The first-order chi connectivity index (χ1) is 14.8. The lowest BCUT2D eigenvalue weighted by atomic mass is 10.0. The van der Waals surface area contributed by atoms with Gasteiger partial charge in [0.2, 0.25) is 15.9 Å². The number of rotatable bonds is 4. The van der Waals surface area contributed by atoms with Crippen LogP contribution < -0.4 is 9.91 Å². The van der Waals surface area contributed by atoms with Gasteiger partial charge in [-0.15, -0.1) is 0 Å². The van der Waals surface area contributed by atoms with Gasteiger partial charge < -0.3 is 4.90 Å². The van der Waals surface area contributed by atoms with E-state index in [2.05, 4.69) is 5.10 Å². The van der Waals surface area contributed by atoms with Crippen molar-refractivity contribution in [2.24, 2.45) is 5.10 Å². The van der Waals surface area contributed by atoms with Gasteiger partial charge in [-0.05, 0) is 48.7 Å². The van der Waals surface area contributed by atoms with Crippen LogP contribution in [-0.2, 0) is 26.0 Å². The van der Waals surface area contributed by atoms with E-state index < -0.39 is 10.0 Å². The van der Waals surface area contributed by atoms with Gasteiger partial charge in [-0.25, -0.2) is 17.7 Å². The molecule has 2 aromatic carbocycles. The third kappa shape index (κ3) is 3.98. The number of amides is 2. The van der Waals surface area contributed by atoms with Gasteiger partial charge in [-0.3, -0.25) is 9.59 Å². The smallest absolute Gasteiger partial charge is 0.274 e. The van der Waals surface area contributed by atoms with E-state index in [1.54, 1.807) is 29.2 Å². The molecule has 8 nitrogen and oxygen atoms in total. The fourth-order valence-corrected chi connectivity index (χ4v) is 4.74. The van der Waals surface area contributed by atoms with Crippen molar-refractivity contribution in [1.82, 2.24) is 4.31 Å². The SMILES string of the molecule is CN(C)S(=O)(=O)c1ccc2c(c1)CCCN2C(=O)C1=NN(c2ccccc2)C(=O)CC1. The highest BCUT2D eigenvalue weighted by Crippen LogP contribution is 2.31. The summed E-state index contributed by atoms with van der Waals surface area (Å²) in [7, 11) is -0.567. The number of nitrogens with zero attached hydrogens (tertiary/aromatic N) is 4. The van der Waals surface area contributed by atoms with E-state index in [4.69, 9.17) is 0 Å². The predicted molar refractivity (Wildman–Crippen MR) is 119 cm³/mol. The van der Waals surface area contributed by atoms with Crippen LogP contribution in [0.3, 0.4) is 0 Å². The van der Waals surface area contributed by atoms with Crippen LogP contribution in [0, 0.1) is 0 Å². The quantitative estimate of drug-likeness (QED) is 0.730. The lowest BCUT2D eigenvalue weighted by molar-refractivity contribution is -0.118. The summed E-state index contributed by atoms with van der Waals surface area (Å²) in [5.74, 6) is -0.405. The van der Waals surface area contributed by atoms with Crippen LogP contribution in [0.1, 0.15) is 24.8 Å². The van der Waals surface area contributed by atoms with Gasteiger partial charge in [0, 0.05) is 39.2 Å². The van der Waals surface area contributed by atoms with Crippen LogP contribution in [-0.4, -0.2) is 50.9 Å². The molecule has 0 atom stereocenters. The largest absolute Gasteiger partial charge is 0.307 e. The number of benzene rings is 2. The number of anilines is 2. The number of para-hydroxylation sites is 1. The summed E-state index contributed by atoms with van der Waals surface area (Å²) in [6.07, 6.45) is 1.90. The molecule has 0 aromatic heterocycles. The van der Waals surface area contributed by atoms with Crippen LogP contribution in [0.5, 0.6) is 0 Å². The molecule has 0 unspecified atom stereocenters. The van der Waals surface area contributed by atoms with E-state index in [0.29, 0.717) is 30.1 Å². The zero-order valence-corrected chi connectivity index (χ0v) is 18.3. The fraction of sp³-hybridized carbons (Fsp3) is 0.318. The van der Waals surface area contributed by atoms with Crippen molar-refractivity contribution in [2.75, 3.05) is 30.5 Å². The highest BCUT2D eigenvalue weighted by molar-refractivity contribution is 7.89. The lowest BCUT2D eigenvalue weighted by Gasteiger charge is -2.32. The van der Waals surface area contributed by atoms with Gasteiger partial charge in [0.25, 0.3) is 5.91 Å². The van der Waals surface area contributed by atoms with E-state index in [9.17, 15) is 18.0 Å². The molecule has 2 aromatic rings. The summed E-state index contributed by atoms with van der Waals surface area (Å²) in [6, 6.07) is 13.9. The molecule has 2 heterocycles. The number of fused-ring (bicyclic) bond motifs is 1. The summed E-state index contributed by atoms with van der Waals surface area (Å²) in [5.41, 5.74) is 2.45. The number of carbonyl (C=O) groups excluding carboxylic acids is 2. The monoisotopic (exact) mass is 440 g/mol. The second-order valence-electron chi connectivity index (χ2n) is 7.73. The molecule has 162 valence electrons. The Morgan fingerprint density at radius 1 is 1.03 bits per heavy atom. The summed E-state index contributed by atoms with van der Waals surface area (Å²) in [5, 5.41) is 5.65. The minimum Gasteiger partial charge on any atom is -0.307 e. The molecule has 0 N–H and O–H groups in total. The highest BCUT2D eigenvalue weighted by Gasteiger charge is 2.31. The van der Waals surface area contributed by atoms with E-state index in [1.807, 2.05) is 18.2 Å². The minimum atomic E-state index is -3.55. The van der Waals surface area contributed by atoms with E-state index in [0.717, 1.165) is 12.0 Å². The molecule has 0 saturated carbocycles. The van der Waals surface area contributed by atoms with Crippen molar-refractivity contribution in [3.8, 4) is 0 Å². The molecule has 4 rings (SSSR count). The molecule has 0 saturated heterocycles. The molecule has 0 bridgehead atoms. The topological polar surface area (TPSA) is 90.4 Å². The molecule has 9 heteroatoms. The number of hydrogen-bond donors (Lipinski definition) is 0. The van der Waals surface area contributed by atoms with Gasteiger partial charge in [-0.2, -0.15) is 5.10 Å². The van der Waals surface area contributed by atoms with E-state index >= 15 is 0 Å². The Labute approximate surface area is 181 Å². The van der Waals surface area contributed by atoms with Gasteiger partial charge >= 0.3 is 0 Å². The Hall–Kier alpha value is -3.04. The molecule has 2 aliphatic heterocycles. The Kier molecular flexibility index (Phi) is 5.63. The van der Waals surface area contributed by atoms with Crippen molar-refractivity contribution in [2.45, 2.75) is 30.6 Å². The third-order valence-electron chi connectivity index (χ3n) is 5.47. The lowest BCUT2D eigenvalue weighted by Crippen LogP contribution is -2.43. The van der Waals surface area contributed by atoms with Crippen LogP contribution >= 0.6 is 0 Å². The molecule has 2 aliphatic rings. The Bertz CT molecular complexity index is 1160. The standard InChI is InChI=1S/C22H24N4O4S/c1-24(2)31(29,30)18-10-12-20-16(15-18)7-6-14-25(20)22(28)19-11-13-21(27)26(23-19)17-8-4-3-5-9-17/h3-5,8-10,12,15H,6-7,11,13-14H2,1-2H3. The van der Waals surface area contributed by atoms with Gasteiger partial charge in [0.15, 0.2) is 0 Å². The first-order valence-corrected chi connectivity index (χ1v) is 11.6. The first-order valence-electron chi connectivity index (χ1n) is 10.1. The molecule has 0 fully saturated rings. The predicted octanol–water partition coefficient (Wildman–Crippen LogP) is 2.40. The highest BCUT2D eigenvalue weighted by atomic mass is 32.2. The zero-order valence-electron chi connectivity index (χ0n) is 17.5. The zero-order chi connectivity index (χ0) is 22.2. The normalized spacial score (nSPS) is 16.9. The van der Waals surface area contributed by atoms with Gasteiger partial charge in [0.05, 0.1) is 10.6 Å². The van der Waals surface area contributed by atoms with E-state index in [1.165, 1.54) is 29.5 Å². The molecule has 31 heavy (non-hydrogen) atoms. The maximum absolute atomic E-state index is 13.3. The molecular weight excluding hydrogens is 416 g/mol. The summed E-state index contributed by atoms with van der Waals surface area (Å²) in [6.45, 7) is 0.518. The molecule has 0 aliphatic carbocycles. The Balaban J connectivity index is 1.65. The maximum atomic E-state index is 13.3. The van der Waals surface area contributed by atoms with Crippen molar-refractivity contribution < 1.29 is 18.0 Å². The van der Waals surface area contributed by atoms with Crippen molar-refractivity contribution in [3.05, 3.63) is 54.1 Å². The van der Waals surface area contributed by atoms with Gasteiger partial charge in [-0.1, -0.05) is 18.2 Å². The second-order valence-corrected chi connectivity index (χ2v) is 9.88. The number of hydrogen-bond acceptors (Lipinski definition) is 5. The number of sulfonamides is 1. The second kappa shape index (κ2) is 8.24. The molecule has 0 spiro atoms. The molecule has 0 radical (unpaired) electrons. The van der Waals surface area contributed by atoms with Crippen LogP contribution in [0.2, 0.25) is 0 Å². The summed E-state index contributed by atoms with van der Waals surface area (Å²) >= 11 is 0. The van der Waals surface area contributed by atoms with Crippen LogP contribution in [0.15, 0.2) is 58.5 Å². The van der Waals surface area contributed by atoms with Crippen LogP contribution in [0.4, 0.5) is 11.4 Å².